The fourth-order valence-electron chi connectivity index (χ4n) is 2.49. The number of rotatable bonds is 6. The van der Waals surface area contributed by atoms with E-state index >= 15 is 0 Å². The van der Waals surface area contributed by atoms with Crippen LogP contribution in [0.3, 0.4) is 0 Å². The van der Waals surface area contributed by atoms with Gasteiger partial charge < -0.3 is 15.1 Å². The zero-order valence-electron chi connectivity index (χ0n) is 14.9. The molecule has 0 bridgehead atoms. The molecule has 2 N–H and O–H groups in total. The van der Waals surface area contributed by atoms with E-state index in [1.54, 1.807) is 60.9 Å². The lowest BCUT2D eigenvalue weighted by molar-refractivity contribution is 0.0995. The quantitative estimate of drug-likeness (QED) is 0.626. The molecule has 0 radical (unpaired) electrons. The van der Waals surface area contributed by atoms with Crippen LogP contribution in [-0.4, -0.2) is 22.3 Å². The van der Waals surface area contributed by atoms with Gasteiger partial charge in [-0.05, 0) is 54.1 Å². The van der Waals surface area contributed by atoms with Gasteiger partial charge in [-0.15, -0.1) is 0 Å². The summed E-state index contributed by atoms with van der Waals surface area (Å²) in [6.45, 7) is 0. The third kappa shape index (κ3) is 5.09. The number of furan rings is 1. The van der Waals surface area contributed by atoms with Gasteiger partial charge in [0, 0.05) is 34.1 Å². The van der Waals surface area contributed by atoms with Crippen molar-refractivity contribution < 1.29 is 18.2 Å². The lowest BCUT2D eigenvalue weighted by Crippen LogP contribution is -2.13. The van der Waals surface area contributed by atoms with Crippen LogP contribution in [0, 0.1) is 0 Å². The van der Waals surface area contributed by atoms with Gasteiger partial charge in [0.2, 0.25) is 0 Å². The number of carbonyl (C=O) groups is 2. The molecule has 6 nitrogen and oxygen atoms in total. The smallest absolute Gasteiger partial charge is 0.291 e. The van der Waals surface area contributed by atoms with Crippen LogP contribution in [0.15, 0.2) is 65.3 Å². The van der Waals surface area contributed by atoms with E-state index < -0.39 is 10.8 Å². The van der Waals surface area contributed by atoms with E-state index in [-0.39, 0.29) is 17.6 Å². The SMILES string of the molecule is CS(=O)Cc1ccc(Cl)c(NC(=O)c2ccc(NC(=O)c3ccco3)cc2)c1. The van der Waals surface area contributed by atoms with Crippen LogP contribution in [0.4, 0.5) is 11.4 Å². The predicted octanol–water partition coefficient (Wildman–Crippen LogP) is 4.32. The first kappa shape index (κ1) is 19.9. The van der Waals surface area contributed by atoms with Gasteiger partial charge in [-0.25, -0.2) is 0 Å². The fraction of sp³-hybridized carbons (Fsp3) is 0.100. The molecule has 2 amide bonds. The zero-order chi connectivity index (χ0) is 20.1. The molecule has 0 aliphatic rings. The van der Waals surface area contributed by atoms with Crippen LogP contribution in [0.25, 0.3) is 0 Å². The molecule has 0 aliphatic carbocycles. The molecule has 0 saturated carbocycles. The number of amides is 2. The Labute approximate surface area is 169 Å². The van der Waals surface area contributed by atoms with Gasteiger partial charge in [0.05, 0.1) is 17.0 Å². The zero-order valence-corrected chi connectivity index (χ0v) is 16.5. The molecule has 1 aromatic heterocycles. The Morgan fingerprint density at radius 1 is 1.04 bits per heavy atom. The molecule has 1 unspecified atom stereocenters. The molecule has 8 heteroatoms. The van der Waals surface area contributed by atoms with E-state index in [1.165, 1.54) is 6.26 Å². The Bertz CT molecular complexity index is 1020. The normalized spacial score (nSPS) is 11.6. The maximum absolute atomic E-state index is 12.5. The maximum Gasteiger partial charge on any atom is 0.291 e. The van der Waals surface area contributed by atoms with Crippen molar-refractivity contribution in [3.63, 3.8) is 0 Å². The highest BCUT2D eigenvalue weighted by molar-refractivity contribution is 7.83. The molecule has 0 fully saturated rings. The second-order valence-corrected chi connectivity index (χ2v) is 7.84. The number of hydrogen-bond donors (Lipinski definition) is 2. The molecule has 3 rings (SSSR count). The van der Waals surface area contributed by atoms with Crippen molar-refractivity contribution >= 4 is 45.6 Å². The van der Waals surface area contributed by atoms with Crippen molar-refractivity contribution in [3.05, 3.63) is 82.8 Å². The number of carbonyl (C=O) groups excluding carboxylic acids is 2. The van der Waals surface area contributed by atoms with Crippen molar-refractivity contribution in [2.75, 3.05) is 16.9 Å². The highest BCUT2D eigenvalue weighted by atomic mass is 35.5. The Kier molecular flexibility index (Phi) is 6.28. The van der Waals surface area contributed by atoms with Gasteiger partial charge >= 0.3 is 0 Å². The molecule has 2 aromatic carbocycles. The third-order valence-corrected chi connectivity index (χ3v) is 4.87. The summed E-state index contributed by atoms with van der Waals surface area (Å²) in [5.74, 6) is -0.145. The van der Waals surface area contributed by atoms with Gasteiger partial charge in [0.25, 0.3) is 11.8 Å². The predicted molar refractivity (Wildman–Crippen MR) is 110 cm³/mol. The second-order valence-electron chi connectivity index (χ2n) is 5.99. The van der Waals surface area contributed by atoms with Crippen LogP contribution in [-0.2, 0) is 16.6 Å². The number of nitrogens with one attached hydrogen (secondary N) is 2. The number of benzene rings is 2. The number of anilines is 2. The van der Waals surface area contributed by atoms with E-state index in [0.29, 0.717) is 27.7 Å². The minimum absolute atomic E-state index is 0.198. The lowest BCUT2D eigenvalue weighted by Gasteiger charge is -2.10. The van der Waals surface area contributed by atoms with E-state index in [2.05, 4.69) is 10.6 Å². The van der Waals surface area contributed by atoms with Crippen LogP contribution in [0.5, 0.6) is 0 Å². The standard InChI is InChI=1S/C20H17ClN2O4S/c1-28(26)12-13-4-9-16(21)17(11-13)23-19(24)14-5-7-15(8-6-14)22-20(25)18-3-2-10-27-18/h2-11H,12H2,1H3,(H,22,25)(H,23,24). The number of hydrogen-bond acceptors (Lipinski definition) is 4. The molecular formula is C20H17ClN2O4S. The van der Waals surface area contributed by atoms with E-state index in [9.17, 15) is 13.8 Å². The van der Waals surface area contributed by atoms with Crippen molar-refractivity contribution in [2.24, 2.45) is 0 Å². The van der Waals surface area contributed by atoms with Crippen molar-refractivity contribution in [1.82, 2.24) is 0 Å². The second kappa shape index (κ2) is 8.86. The Hall–Kier alpha value is -2.90. The summed E-state index contributed by atoms with van der Waals surface area (Å²) in [7, 11) is -0.996. The topological polar surface area (TPSA) is 88.4 Å². The molecule has 1 atom stereocenters. The van der Waals surface area contributed by atoms with E-state index in [0.717, 1.165) is 5.56 Å². The van der Waals surface area contributed by atoms with Crippen molar-refractivity contribution in [3.8, 4) is 0 Å². The van der Waals surface area contributed by atoms with Gasteiger partial charge in [-0.3, -0.25) is 13.8 Å². The first-order valence-electron chi connectivity index (χ1n) is 8.27. The molecule has 28 heavy (non-hydrogen) atoms. The van der Waals surface area contributed by atoms with Crippen LogP contribution in [0.1, 0.15) is 26.5 Å². The molecule has 0 aliphatic heterocycles. The van der Waals surface area contributed by atoms with Crippen LogP contribution < -0.4 is 10.6 Å². The number of halogens is 1. The average molecular weight is 417 g/mol. The highest BCUT2D eigenvalue weighted by Gasteiger charge is 2.12. The fourth-order valence-corrected chi connectivity index (χ4v) is 3.31. The summed E-state index contributed by atoms with van der Waals surface area (Å²) in [6, 6.07) is 14.7. The minimum atomic E-state index is -0.996. The summed E-state index contributed by atoms with van der Waals surface area (Å²) in [5, 5.41) is 5.82. The highest BCUT2D eigenvalue weighted by Crippen LogP contribution is 2.24. The Morgan fingerprint density at radius 3 is 2.43 bits per heavy atom. The summed E-state index contributed by atoms with van der Waals surface area (Å²) >= 11 is 6.15. The van der Waals surface area contributed by atoms with Crippen LogP contribution in [0.2, 0.25) is 5.02 Å². The molecule has 3 aromatic rings. The molecule has 0 saturated heterocycles. The summed E-state index contributed by atoms with van der Waals surface area (Å²) in [6.07, 6.45) is 3.03. The van der Waals surface area contributed by atoms with Crippen molar-refractivity contribution in [2.45, 2.75) is 5.75 Å². The minimum Gasteiger partial charge on any atom is -0.459 e. The van der Waals surface area contributed by atoms with Gasteiger partial charge in [0.1, 0.15) is 0 Å². The average Bonchev–Trinajstić information content (AvgIpc) is 3.19. The molecule has 144 valence electrons. The van der Waals surface area contributed by atoms with E-state index in [1.807, 2.05) is 0 Å². The maximum atomic E-state index is 12.5. The molecule has 1 heterocycles. The Balaban J connectivity index is 1.68. The third-order valence-electron chi connectivity index (χ3n) is 3.80. The van der Waals surface area contributed by atoms with E-state index in [4.69, 9.17) is 16.0 Å². The first-order chi connectivity index (χ1) is 13.4. The van der Waals surface area contributed by atoms with Crippen LogP contribution >= 0.6 is 11.6 Å². The summed E-state index contributed by atoms with van der Waals surface area (Å²) in [4.78, 5) is 24.4. The summed E-state index contributed by atoms with van der Waals surface area (Å²) in [5.41, 5.74) is 2.20. The molecular weight excluding hydrogens is 400 g/mol. The van der Waals surface area contributed by atoms with Gasteiger partial charge in [-0.1, -0.05) is 17.7 Å². The lowest BCUT2D eigenvalue weighted by atomic mass is 10.1. The Morgan fingerprint density at radius 2 is 1.79 bits per heavy atom. The van der Waals surface area contributed by atoms with Gasteiger partial charge in [0.15, 0.2) is 5.76 Å². The first-order valence-corrected chi connectivity index (χ1v) is 10.4. The molecule has 0 spiro atoms. The summed E-state index contributed by atoms with van der Waals surface area (Å²) < 4.78 is 16.4. The monoisotopic (exact) mass is 416 g/mol. The van der Waals surface area contributed by atoms with Gasteiger partial charge in [-0.2, -0.15) is 0 Å². The largest absolute Gasteiger partial charge is 0.459 e. The van der Waals surface area contributed by atoms with Crippen molar-refractivity contribution in [1.29, 1.82) is 0 Å².